The van der Waals surface area contributed by atoms with Crippen LogP contribution in [0.3, 0.4) is 0 Å². The van der Waals surface area contributed by atoms with E-state index in [4.69, 9.17) is 0 Å². The SMILES string of the molecule is CN(C)c1ccc([C@@H](CNC(=O)c2ccccc2F)N2CCN(c3ccc(F)cc3)CC2)cc1. The highest BCUT2D eigenvalue weighted by molar-refractivity contribution is 5.94. The number of piperazine rings is 1. The molecule has 0 saturated carbocycles. The topological polar surface area (TPSA) is 38.8 Å². The molecule has 0 aliphatic carbocycles. The normalized spacial score (nSPS) is 15.1. The van der Waals surface area contributed by atoms with Crippen LogP contribution >= 0.6 is 0 Å². The summed E-state index contributed by atoms with van der Waals surface area (Å²) >= 11 is 0. The first-order chi connectivity index (χ1) is 16.4. The van der Waals surface area contributed by atoms with Gasteiger partial charge in [-0.25, -0.2) is 8.78 Å². The van der Waals surface area contributed by atoms with Crippen molar-refractivity contribution in [1.82, 2.24) is 10.2 Å². The van der Waals surface area contributed by atoms with Crippen molar-refractivity contribution in [2.45, 2.75) is 6.04 Å². The maximum Gasteiger partial charge on any atom is 0.254 e. The van der Waals surface area contributed by atoms with E-state index in [1.165, 1.54) is 24.3 Å². The second kappa shape index (κ2) is 10.7. The van der Waals surface area contributed by atoms with Gasteiger partial charge >= 0.3 is 0 Å². The lowest BCUT2D eigenvalue weighted by atomic mass is 10.0. The van der Waals surface area contributed by atoms with Gasteiger partial charge < -0.3 is 15.1 Å². The number of hydrogen-bond acceptors (Lipinski definition) is 4. The van der Waals surface area contributed by atoms with Gasteiger partial charge in [-0.2, -0.15) is 0 Å². The van der Waals surface area contributed by atoms with Crippen molar-refractivity contribution < 1.29 is 13.6 Å². The van der Waals surface area contributed by atoms with Crippen LogP contribution in [0.1, 0.15) is 22.0 Å². The summed E-state index contributed by atoms with van der Waals surface area (Å²) in [6, 6.07) is 20.8. The number of carbonyl (C=O) groups excluding carboxylic acids is 1. The third kappa shape index (κ3) is 5.54. The van der Waals surface area contributed by atoms with Crippen LogP contribution in [0.25, 0.3) is 0 Å². The number of rotatable bonds is 7. The van der Waals surface area contributed by atoms with Gasteiger partial charge in [-0.15, -0.1) is 0 Å². The summed E-state index contributed by atoms with van der Waals surface area (Å²) < 4.78 is 27.4. The lowest BCUT2D eigenvalue weighted by molar-refractivity contribution is 0.0926. The monoisotopic (exact) mass is 464 g/mol. The van der Waals surface area contributed by atoms with Gasteiger partial charge in [-0.3, -0.25) is 9.69 Å². The minimum absolute atomic E-state index is 0.0466. The molecule has 5 nitrogen and oxygen atoms in total. The number of hydrogen-bond donors (Lipinski definition) is 1. The van der Waals surface area contributed by atoms with Crippen molar-refractivity contribution in [2.75, 3.05) is 56.6 Å². The first kappa shape index (κ1) is 23.7. The summed E-state index contributed by atoms with van der Waals surface area (Å²) in [6.07, 6.45) is 0. The van der Waals surface area contributed by atoms with E-state index in [-0.39, 0.29) is 17.4 Å². The van der Waals surface area contributed by atoms with E-state index in [0.717, 1.165) is 43.1 Å². The van der Waals surface area contributed by atoms with E-state index in [1.807, 2.05) is 19.0 Å². The van der Waals surface area contributed by atoms with Gasteiger partial charge in [-0.05, 0) is 54.1 Å². The third-order valence-corrected chi connectivity index (χ3v) is 6.32. The van der Waals surface area contributed by atoms with Gasteiger partial charge in [0.15, 0.2) is 0 Å². The van der Waals surface area contributed by atoms with E-state index in [1.54, 1.807) is 24.3 Å². The number of carbonyl (C=O) groups is 1. The summed E-state index contributed by atoms with van der Waals surface area (Å²) in [6.45, 7) is 3.52. The van der Waals surface area contributed by atoms with Crippen LogP contribution in [0.4, 0.5) is 20.2 Å². The van der Waals surface area contributed by atoms with Gasteiger partial charge in [0, 0.05) is 58.2 Å². The van der Waals surface area contributed by atoms with E-state index in [9.17, 15) is 13.6 Å². The van der Waals surface area contributed by atoms with Crippen LogP contribution in [0.15, 0.2) is 72.8 Å². The second-order valence-electron chi connectivity index (χ2n) is 8.69. The van der Waals surface area contributed by atoms with Crippen molar-refractivity contribution in [1.29, 1.82) is 0 Å². The first-order valence-corrected chi connectivity index (χ1v) is 11.5. The quantitative estimate of drug-likeness (QED) is 0.565. The minimum Gasteiger partial charge on any atom is -0.378 e. The second-order valence-corrected chi connectivity index (χ2v) is 8.69. The molecule has 0 aromatic heterocycles. The van der Waals surface area contributed by atoms with Gasteiger partial charge in [-0.1, -0.05) is 24.3 Å². The molecular weight excluding hydrogens is 434 g/mol. The van der Waals surface area contributed by atoms with Crippen molar-refractivity contribution in [2.24, 2.45) is 0 Å². The van der Waals surface area contributed by atoms with Crippen LogP contribution in [0, 0.1) is 11.6 Å². The average molecular weight is 465 g/mol. The van der Waals surface area contributed by atoms with Gasteiger partial charge in [0.2, 0.25) is 0 Å². The predicted octanol–water partition coefficient (Wildman–Crippen LogP) is 4.32. The van der Waals surface area contributed by atoms with Crippen LogP contribution < -0.4 is 15.1 Å². The Bertz CT molecular complexity index is 1090. The minimum atomic E-state index is -0.528. The number of nitrogens with one attached hydrogen (secondary N) is 1. The molecule has 1 aliphatic heterocycles. The number of benzene rings is 3. The van der Waals surface area contributed by atoms with Crippen molar-refractivity contribution in [3.63, 3.8) is 0 Å². The summed E-state index contributed by atoms with van der Waals surface area (Å²) in [5, 5.41) is 2.94. The summed E-state index contributed by atoms with van der Waals surface area (Å²) in [4.78, 5) is 19.3. The van der Waals surface area contributed by atoms with Gasteiger partial charge in [0.05, 0.1) is 11.6 Å². The molecule has 1 saturated heterocycles. The van der Waals surface area contributed by atoms with Gasteiger partial charge in [0.25, 0.3) is 5.91 Å². The summed E-state index contributed by atoms with van der Waals surface area (Å²) in [7, 11) is 3.99. The van der Waals surface area contributed by atoms with E-state index < -0.39 is 11.7 Å². The molecule has 1 amide bonds. The maximum absolute atomic E-state index is 14.1. The number of halogens is 2. The van der Waals surface area contributed by atoms with Crippen molar-refractivity contribution >= 4 is 17.3 Å². The fourth-order valence-corrected chi connectivity index (χ4v) is 4.33. The van der Waals surface area contributed by atoms with Crippen molar-refractivity contribution in [3.8, 4) is 0 Å². The molecule has 178 valence electrons. The Balaban J connectivity index is 1.49. The van der Waals surface area contributed by atoms with E-state index in [2.05, 4.69) is 39.4 Å². The Morgan fingerprint density at radius 2 is 1.56 bits per heavy atom. The lowest BCUT2D eigenvalue weighted by Gasteiger charge is -2.40. The molecule has 0 unspecified atom stereocenters. The smallest absolute Gasteiger partial charge is 0.254 e. The van der Waals surface area contributed by atoms with Gasteiger partial charge in [0.1, 0.15) is 11.6 Å². The predicted molar refractivity (Wildman–Crippen MR) is 132 cm³/mol. The molecule has 0 radical (unpaired) electrons. The third-order valence-electron chi connectivity index (χ3n) is 6.32. The average Bonchev–Trinajstić information content (AvgIpc) is 2.85. The molecule has 34 heavy (non-hydrogen) atoms. The Kier molecular flexibility index (Phi) is 7.43. The van der Waals surface area contributed by atoms with Crippen molar-refractivity contribution in [3.05, 3.63) is 95.6 Å². The fourth-order valence-electron chi connectivity index (χ4n) is 4.33. The molecule has 1 aliphatic rings. The summed E-state index contributed by atoms with van der Waals surface area (Å²) in [5.41, 5.74) is 3.24. The highest BCUT2D eigenvalue weighted by Crippen LogP contribution is 2.26. The molecule has 0 spiro atoms. The highest BCUT2D eigenvalue weighted by Gasteiger charge is 2.26. The fraction of sp³-hybridized carbons (Fsp3) is 0.296. The number of nitrogens with zero attached hydrogens (tertiary/aromatic N) is 3. The highest BCUT2D eigenvalue weighted by atomic mass is 19.1. The number of anilines is 2. The molecule has 1 N–H and O–H groups in total. The molecule has 1 atom stereocenters. The first-order valence-electron chi connectivity index (χ1n) is 11.5. The molecule has 0 bridgehead atoms. The lowest BCUT2D eigenvalue weighted by Crippen LogP contribution is -2.50. The van der Waals surface area contributed by atoms with E-state index in [0.29, 0.717) is 6.54 Å². The molecule has 3 aromatic rings. The Morgan fingerprint density at radius 1 is 0.912 bits per heavy atom. The molecule has 1 fully saturated rings. The zero-order valence-corrected chi connectivity index (χ0v) is 19.5. The Morgan fingerprint density at radius 3 is 2.18 bits per heavy atom. The zero-order chi connectivity index (χ0) is 24.1. The van der Waals surface area contributed by atoms with E-state index >= 15 is 0 Å². The summed E-state index contributed by atoms with van der Waals surface area (Å²) in [5.74, 6) is -1.19. The Hall–Kier alpha value is -3.45. The molecule has 3 aromatic carbocycles. The maximum atomic E-state index is 14.1. The Labute approximate surface area is 199 Å². The largest absolute Gasteiger partial charge is 0.378 e. The molecule has 1 heterocycles. The zero-order valence-electron chi connectivity index (χ0n) is 19.5. The molecule has 4 rings (SSSR count). The molecular formula is C27H30F2N4O. The van der Waals surface area contributed by atoms with Crippen LogP contribution in [-0.2, 0) is 0 Å². The number of amides is 1. The van der Waals surface area contributed by atoms with Crippen LogP contribution in [0.5, 0.6) is 0 Å². The van der Waals surface area contributed by atoms with Crippen LogP contribution in [-0.4, -0.2) is 57.6 Å². The molecule has 7 heteroatoms. The standard InChI is InChI=1S/C27H30F2N4O/c1-31(2)22-11-7-20(8-12-22)26(19-30-27(34)24-5-3-4-6-25(24)29)33-17-15-32(16-18-33)23-13-9-21(28)10-14-23/h3-14,26H,15-19H2,1-2H3,(H,30,34)/t26-/m1/s1. The van der Waals surface area contributed by atoms with Crippen LogP contribution in [0.2, 0.25) is 0 Å².